The van der Waals surface area contributed by atoms with Crippen LogP contribution in [0, 0.1) is 17.2 Å². The molecule has 4 atom stereocenters. The van der Waals surface area contributed by atoms with Crippen molar-refractivity contribution in [2.45, 2.75) is 88.8 Å². The second-order valence-electron chi connectivity index (χ2n) is 13.1. The number of amides is 1. The minimum atomic E-state index is -1.27. The van der Waals surface area contributed by atoms with Crippen molar-refractivity contribution in [3.8, 4) is 0 Å². The van der Waals surface area contributed by atoms with Crippen molar-refractivity contribution in [2.75, 3.05) is 11.9 Å². The Morgan fingerprint density at radius 1 is 1.12 bits per heavy atom. The number of halogens is 3. The first-order valence-electron chi connectivity index (χ1n) is 14.6. The molecule has 1 saturated carbocycles. The van der Waals surface area contributed by atoms with E-state index in [0.717, 1.165) is 12.8 Å². The molecule has 2 heterocycles. The van der Waals surface area contributed by atoms with Crippen LogP contribution < -0.4 is 16.4 Å². The predicted molar refractivity (Wildman–Crippen MR) is 161 cm³/mol. The molecular weight excluding hydrogens is 580 g/mol. The third kappa shape index (κ3) is 5.71. The summed E-state index contributed by atoms with van der Waals surface area (Å²) < 4.78 is 21.3. The molecule has 4 N–H and O–H groups in total. The number of hydrogen-bond donors (Lipinski definition) is 3. The van der Waals surface area contributed by atoms with E-state index in [2.05, 4.69) is 31.4 Å². The standard InChI is InChI=1S/C32H38Cl2FN3O4/c1-31(2,3)15-25-32(21-12-9-18(33)14-23(21)37-30(32)41)27(20-5-4-6-22(34)28(20)35)29(38-25)24(39)13-17-7-10-19(11-8-17)42-26(40)16-36/h4-6,9,12,14,17,19,25,27,29,38H,7-8,10-11,13,15-16,36H2,1-3H3,(H,37,41)/t17?,19?,25-,27+,29+,32+/m1/s1. The number of fused-ring (bicyclic) bond motifs is 2. The zero-order chi connectivity index (χ0) is 30.4. The number of nitrogens with two attached hydrogens (primary N) is 1. The van der Waals surface area contributed by atoms with Crippen molar-refractivity contribution in [1.82, 2.24) is 5.32 Å². The molecule has 2 aromatic rings. The topological polar surface area (TPSA) is 111 Å². The van der Waals surface area contributed by atoms with Gasteiger partial charge in [0.15, 0.2) is 5.78 Å². The van der Waals surface area contributed by atoms with Gasteiger partial charge in [-0.25, -0.2) is 4.39 Å². The molecule has 0 radical (unpaired) electrons. The Kier molecular flexibility index (Phi) is 8.74. The van der Waals surface area contributed by atoms with Crippen LogP contribution in [0.2, 0.25) is 10.0 Å². The van der Waals surface area contributed by atoms with Crippen LogP contribution in [0.25, 0.3) is 0 Å². The Hall–Kier alpha value is -2.52. The number of Topliss-reactive ketones (excluding diaryl/α,β-unsaturated/α-hetero) is 1. The molecule has 0 aromatic heterocycles. The lowest BCUT2D eigenvalue weighted by atomic mass is 9.62. The van der Waals surface area contributed by atoms with E-state index in [0.29, 0.717) is 35.5 Å². The maximum absolute atomic E-state index is 15.9. The highest BCUT2D eigenvalue weighted by Crippen LogP contribution is 2.57. The van der Waals surface area contributed by atoms with Gasteiger partial charge in [-0.3, -0.25) is 14.4 Å². The summed E-state index contributed by atoms with van der Waals surface area (Å²) in [6.45, 7) is 6.09. The second-order valence-corrected chi connectivity index (χ2v) is 13.9. The van der Waals surface area contributed by atoms with Gasteiger partial charge in [-0.05, 0) is 72.8 Å². The number of ketones is 1. The molecule has 2 fully saturated rings. The number of carbonyl (C=O) groups is 3. The van der Waals surface area contributed by atoms with Crippen molar-refractivity contribution in [3.63, 3.8) is 0 Å². The van der Waals surface area contributed by atoms with Gasteiger partial charge in [0.2, 0.25) is 5.91 Å². The first-order valence-corrected chi connectivity index (χ1v) is 15.3. The number of carbonyl (C=O) groups excluding carboxylic acids is 3. The van der Waals surface area contributed by atoms with Gasteiger partial charge < -0.3 is 21.1 Å². The molecule has 2 aromatic carbocycles. The Bertz CT molecular complexity index is 1390. The normalized spacial score (nSPS) is 28.9. The first kappa shape index (κ1) is 30.9. The lowest BCUT2D eigenvalue weighted by Crippen LogP contribution is -2.49. The average molecular weight is 619 g/mol. The van der Waals surface area contributed by atoms with Crippen LogP contribution in [0.4, 0.5) is 10.1 Å². The molecule has 0 unspecified atom stereocenters. The fraction of sp³-hybridized carbons (Fsp3) is 0.531. The zero-order valence-electron chi connectivity index (χ0n) is 24.1. The van der Waals surface area contributed by atoms with Gasteiger partial charge in [-0.15, -0.1) is 0 Å². The van der Waals surface area contributed by atoms with Crippen molar-refractivity contribution in [2.24, 2.45) is 17.1 Å². The molecule has 1 spiro atoms. The Balaban J connectivity index is 1.55. The number of ether oxygens (including phenoxy) is 1. The highest BCUT2D eigenvalue weighted by atomic mass is 35.5. The minimum absolute atomic E-state index is 0.0618. The summed E-state index contributed by atoms with van der Waals surface area (Å²) >= 11 is 12.6. The molecule has 1 amide bonds. The fourth-order valence-electron chi connectivity index (χ4n) is 7.30. The summed E-state index contributed by atoms with van der Waals surface area (Å²) in [6.07, 6.45) is 3.37. The van der Waals surface area contributed by atoms with E-state index >= 15 is 4.39 Å². The Morgan fingerprint density at radius 2 is 1.83 bits per heavy atom. The van der Waals surface area contributed by atoms with Crippen LogP contribution in [0.5, 0.6) is 0 Å². The van der Waals surface area contributed by atoms with Gasteiger partial charge in [0.1, 0.15) is 17.3 Å². The highest BCUT2D eigenvalue weighted by Gasteiger charge is 2.66. The quantitative estimate of drug-likeness (QED) is 0.334. The third-order valence-electron chi connectivity index (χ3n) is 9.03. The smallest absolute Gasteiger partial charge is 0.319 e. The maximum atomic E-state index is 15.9. The molecule has 0 bridgehead atoms. The molecule has 1 saturated heterocycles. The molecule has 2 aliphatic heterocycles. The summed E-state index contributed by atoms with van der Waals surface area (Å²) in [7, 11) is 0. The van der Waals surface area contributed by atoms with Gasteiger partial charge >= 0.3 is 5.97 Å². The summed E-state index contributed by atoms with van der Waals surface area (Å²) in [4.78, 5) is 40.1. The monoisotopic (exact) mass is 617 g/mol. The summed E-state index contributed by atoms with van der Waals surface area (Å²) in [5.41, 5.74) is 5.40. The van der Waals surface area contributed by atoms with Gasteiger partial charge in [-0.1, -0.05) is 62.2 Å². The lowest BCUT2D eigenvalue weighted by molar-refractivity contribution is -0.149. The largest absolute Gasteiger partial charge is 0.461 e. The molecule has 42 heavy (non-hydrogen) atoms. The molecule has 5 rings (SSSR count). The van der Waals surface area contributed by atoms with E-state index in [1.807, 2.05) is 6.07 Å². The van der Waals surface area contributed by atoms with Gasteiger partial charge in [0.25, 0.3) is 0 Å². The van der Waals surface area contributed by atoms with Crippen LogP contribution in [0.3, 0.4) is 0 Å². The minimum Gasteiger partial charge on any atom is -0.461 e. The Labute approximate surface area is 256 Å². The fourth-order valence-corrected chi connectivity index (χ4v) is 7.66. The van der Waals surface area contributed by atoms with Crippen LogP contribution >= 0.6 is 23.2 Å². The van der Waals surface area contributed by atoms with Crippen LogP contribution in [0.15, 0.2) is 36.4 Å². The molecular formula is C32H38Cl2FN3O4. The third-order valence-corrected chi connectivity index (χ3v) is 9.56. The number of anilines is 1. The number of hydrogen-bond acceptors (Lipinski definition) is 6. The average Bonchev–Trinajstić information content (AvgIpc) is 3.40. The van der Waals surface area contributed by atoms with Gasteiger partial charge in [0.05, 0.1) is 17.6 Å². The molecule has 1 aliphatic carbocycles. The van der Waals surface area contributed by atoms with E-state index < -0.39 is 35.2 Å². The Morgan fingerprint density at radius 3 is 2.50 bits per heavy atom. The number of benzene rings is 2. The van der Waals surface area contributed by atoms with E-state index in [4.69, 9.17) is 33.7 Å². The van der Waals surface area contributed by atoms with E-state index in [1.54, 1.807) is 24.3 Å². The van der Waals surface area contributed by atoms with Crippen molar-refractivity contribution in [1.29, 1.82) is 0 Å². The highest BCUT2D eigenvalue weighted by molar-refractivity contribution is 6.31. The summed E-state index contributed by atoms with van der Waals surface area (Å²) in [5, 5.41) is 6.97. The van der Waals surface area contributed by atoms with E-state index in [9.17, 15) is 14.4 Å². The number of nitrogens with one attached hydrogen (secondary N) is 2. The molecule has 7 nitrogen and oxygen atoms in total. The van der Waals surface area contributed by atoms with Crippen LogP contribution in [-0.4, -0.2) is 42.4 Å². The van der Waals surface area contributed by atoms with Crippen molar-refractivity contribution in [3.05, 3.63) is 63.4 Å². The number of rotatable bonds is 7. The van der Waals surface area contributed by atoms with Crippen molar-refractivity contribution < 1.29 is 23.5 Å². The number of esters is 1. The summed E-state index contributed by atoms with van der Waals surface area (Å²) in [5.74, 6) is -2.19. The van der Waals surface area contributed by atoms with E-state index in [-0.39, 0.29) is 52.7 Å². The van der Waals surface area contributed by atoms with Gasteiger partial charge in [-0.2, -0.15) is 0 Å². The van der Waals surface area contributed by atoms with E-state index in [1.165, 1.54) is 6.07 Å². The molecule has 3 aliphatic rings. The molecule has 10 heteroatoms. The van der Waals surface area contributed by atoms with Gasteiger partial charge in [0, 0.05) is 29.1 Å². The zero-order valence-corrected chi connectivity index (χ0v) is 25.7. The maximum Gasteiger partial charge on any atom is 0.319 e. The summed E-state index contributed by atoms with van der Waals surface area (Å²) in [6, 6.07) is 8.71. The first-order chi connectivity index (χ1) is 19.8. The van der Waals surface area contributed by atoms with Crippen LogP contribution in [0.1, 0.15) is 76.3 Å². The molecule has 226 valence electrons. The lowest BCUT2D eigenvalue weighted by Gasteiger charge is -2.38. The second kappa shape index (κ2) is 11.9. The SMILES string of the molecule is CC(C)(C)C[C@H]1N[C@@H](C(=O)CC2CCC(OC(=O)CN)CC2)[C@H](c2cccc(Cl)c2F)[C@@]12C(=O)Nc1cc(Cl)ccc12. The predicted octanol–water partition coefficient (Wildman–Crippen LogP) is 5.90. The van der Waals surface area contributed by atoms with Crippen LogP contribution in [-0.2, 0) is 24.5 Å². The van der Waals surface area contributed by atoms with Crippen molar-refractivity contribution >= 4 is 46.5 Å².